The standard InChI is InChI=1S/C18H20FN3O2/c1-2-20-18(23)16-11-15(7-8-21-16)22-9-10-24-17(12-22)13-3-5-14(19)6-4-13/h3-8,11,17H,2,9-10,12H2,1H3,(H,20,23). The molecule has 0 radical (unpaired) electrons. The fourth-order valence-electron chi connectivity index (χ4n) is 2.75. The average Bonchev–Trinajstić information content (AvgIpc) is 2.63. The number of nitrogens with zero attached hydrogens (tertiary/aromatic N) is 2. The van der Waals surface area contributed by atoms with E-state index in [0.717, 1.165) is 17.8 Å². The average molecular weight is 329 g/mol. The third-order valence-electron chi connectivity index (χ3n) is 3.99. The van der Waals surface area contributed by atoms with Gasteiger partial charge in [0.05, 0.1) is 6.61 Å². The number of carbonyl (C=O) groups excluding carboxylic acids is 1. The number of pyridine rings is 1. The van der Waals surface area contributed by atoms with Crippen molar-refractivity contribution in [3.8, 4) is 0 Å². The van der Waals surface area contributed by atoms with E-state index in [1.165, 1.54) is 12.1 Å². The van der Waals surface area contributed by atoms with Crippen molar-refractivity contribution in [1.29, 1.82) is 0 Å². The molecular weight excluding hydrogens is 309 g/mol. The highest BCUT2D eigenvalue weighted by molar-refractivity contribution is 5.93. The van der Waals surface area contributed by atoms with Crippen LogP contribution in [-0.2, 0) is 4.74 Å². The summed E-state index contributed by atoms with van der Waals surface area (Å²) in [4.78, 5) is 18.2. The van der Waals surface area contributed by atoms with Crippen molar-refractivity contribution in [1.82, 2.24) is 10.3 Å². The minimum Gasteiger partial charge on any atom is -0.370 e. The number of halogens is 1. The minimum atomic E-state index is -0.257. The minimum absolute atomic E-state index is 0.125. The van der Waals surface area contributed by atoms with E-state index in [1.807, 2.05) is 13.0 Å². The van der Waals surface area contributed by atoms with Crippen LogP contribution >= 0.6 is 0 Å². The highest BCUT2D eigenvalue weighted by Gasteiger charge is 2.23. The maximum absolute atomic E-state index is 13.1. The Kier molecular flexibility index (Phi) is 5.05. The van der Waals surface area contributed by atoms with E-state index in [2.05, 4.69) is 15.2 Å². The van der Waals surface area contributed by atoms with E-state index in [1.54, 1.807) is 24.4 Å². The highest BCUT2D eigenvalue weighted by atomic mass is 19.1. The molecule has 1 atom stereocenters. The Balaban J connectivity index is 1.76. The van der Waals surface area contributed by atoms with E-state index in [0.29, 0.717) is 25.4 Å². The van der Waals surface area contributed by atoms with Gasteiger partial charge in [0.2, 0.25) is 0 Å². The molecule has 1 aliphatic rings. The number of nitrogens with one attached hydrogen (secondary N) is 1. The summed E-state index contributed by atoms with van der Waals surface area (Å²) in [6.45, 7) is 4.38. The van der Waals surface area contributed by atoms with Gasteiger partial charge < -0.3 is 15.0 Å². The molecule has 0 spiro atoms. The smallest absolute Gasteiger partial charge is 0.269 e. The first-order valence-electron chi connectivity index (χ1n) is 8.03. The van der Waals surface area contributed by atoms with Crippen LogP contribution in [-0.4, -0.2) is 37.1 Å². The highest BCUT2D eigenvalue weighted by Crippen LogP contribution is 2.26. The second-order valence-corrected chi connectivity index (χ2v) is 5.62. The summed E-state index contributed by atoms with van der Waals surface area (Å²) < 4.78 is 18.9. The van der Waals surface area contributed by atoms with Gasteiger partial charge in [0.15, 0.2) is 0 Å². The van der Waals surface area contributed by atoms with Crippen molar-refractivity contribution >= 4 is 11.6 Å². The molecule has 0 bridgehead atoms. The molecule has 6 heteroatoms. The van der Waals surface area contributed by atoms with Gasteiger partial charge in [-0.05, 0) is 36.8 Å². The molecule has 0 aliphatic carbocycles. The summed E-state index contributed by atoms with van der Waals surface area (Å²) in [6, 6.07) is 10.1. The van der Waals surface area contributed by atoms with Crippen molar-refractivity contribution in [3.63, 3.8) is 0 Å². The lowest BCUT2D eigenvalue weighted by Gasteiger charge is -2.34. The van der Waals surface area contributed by atoms with Crippen molar-refractivity contribution in [3.05, 3.63) is 59.7 Å². The van der Waals surface area contributed by atoms with Crippen LogP contribution in [0.1, 0.15) is 29.1 Å². The van der Waals surface area contributed by atoms with Gasteiger partial charge >= 0.3 is 0 Å². The number of aromatic nitrogens is 1. The molecule has 1 saturated heterocycles. The Hall–Kier alpha value is -2.47. The monoisotopic (exact) mass is 329 g/mol. The van der Waals surface area contributed by atoms with E-state index in [4.69, 9.17) is 4.74 Å². The lowest BCUT2D eigenvalue weighted by Crippen LogP contribution is -2.38. The van der Waals surface area contributed by atoms with Crippen LogP contribution in [0.5, 0.6) is 0 Å². The summed E-state index contributed by atoms with van der Waals surface area (Å²) in [5.41, 5.74) is 2.28. The Labute approximate surface area is 140 Å². The van der Waals surface area contributed by atoms with Gasteiger partial charge in [-0.15, -0.1) is 0 Å². The lowest BCUT2D eigenvalue weighted by atomic mass is 10.1. The zero-order chi connectivity index (χ0) is 16.9. The quantitative estimate of drug-likeness (QED) is 0.937. The number of hydrogen-bond acceptors (Lipinski definition) is 4. The zero-order valence-electron chi connectivity index (χ0n) is 13.5. The van der Waals surface area contributed by atoms with Gasteiger partial charge in [-0.1, -0.05) is 12.1 Å². The Morgan fingerprint density at radius 3 is 2.92 bits per heavy atom. The Morgan fingerprint density at radius 1 is 1.38 bits per heavy atom. The van der Waals surface area contributed by atoms with Gasteiger partial charge in [-0.25, -0.2) is 4.39 Å². The molecule has 1 N–H and O–H groups in total. The van der Waals surface area contributed by atoms with Gasteiger partial charge in [0.25, 0.3) is 5.91 Å². The number of amides is 1. The van der Waals surface area contributed by atoms with Gasteiger partial charge in [0.1, 0.15) is 17.6 Å². The van der Waals surface area contributed by atoms with Crippen LogP contribution in [0.4, 0.5) is 10.1 Å². The van der Waals surface area contributed by atoms with E-state index >= 15 is 0 Å². The summed E-state index contributed by atoms with van der Waals surface area (Å²) in [5.74, 6) is -0.435. The zero-order valence-corrected chi connectivity index (χ0v) is 13.5. The molecule has 5 nitrogen and oxygen atoms in total. The normalized spacial score (nSPS) is 17.6. The van der Waals surface area contributed by atoms with Crippen molar-refractivity contribution in [2.75, 3.05) is 31.1 Å². The maximum Gasteiger partial charge on any atom is 0.269 e. The number of benzene rings is 1. The van der Waals surface area contributed by atoms with Gasteiger partial charge in [-0.3, -0.25) is 9.78 Å². The number of rotatable bonds is 4. The molecule has 1 amide bonds. The largest absolute Gasteiger partial charge is 0.370 e. The van der Waals surface area contributed by atoms with Crippen LogP contribution in [0, 0.1) is 5.82 Å². The van der Waals surface area contributed by atoms with Gasteiger partial charge in [0, 0.05) is 31.5 Å². The van der Waals surface area contributed by atoms with Crippen LogP contribution < -0.4 is 10.2 Å². The van der Waals surface area contributed by atoms with Crippen LogP contribution in [0.3, 0.4) is 0 Å². The first kappa shape index (κ1) is 16.4. The summed E-state index contributed by atoms with van der Waals surface area (Å²) >= 11 is 0. The van der Waals surface area contributed by atoms with Crippen LogP contribution in [0.25, 0.3) is 0 Å². The summed E-state index contributed by atoms with van der Waals surface area (Å²) in [5, 5.41) is 2.75. The first-order chi connectivity index (χ1) is 11.7. The fraction of sp³-hybridized carbons (Fsp3) is 0.333. The predicted octanol–water partition coefficient (Wildman–Crippen LogP) is 2.55. The summed E-state index contributed by atoms with van der Waals surface area (Å²) in [6.07, 6.45) is 1.52. The number of morpholine rings is 1. The van der Waals surface area contributed by atoms with E-state index in [-0.39, 0.29) is 17.8 Å². The Morgan fingerprint density at radius 2 is 2.17 bits per heavy atom. The van der Waals surface area contributed by atoms with Crippen molar-refractivity contribution < 1.29 is 13.9 Å². The molecule has 1 aliphatic heterocycles. The number of carbonyl (C=O) groups is 1. The molecule has 2 heterocycles. The first-order valence-corrected chi connectivity index (χ1v) is 8.03. The molecule has 2 aromatic rings. The van der Waals surface area contributed by atoms with Crippen LogP contribution in [0.2, 0.25) is 0 Å². The fourth-order valence-corrected chi connectivity index (χ4v) is 2.75. The molecule has 3 rings (SSSR count). The SMILES string of the molecule is CCNC(=O)c1cc(N2CCOC(c3ccc(F)cc3)C2)ccn1. The van der Waals surface area contributed by atoms with E-state index < -0.39 is 0 Å². The molecule has 1 aromatic heterocycles. The molecule has 1 aromatic carbocycles. The molecule has 126 valence electrons. The van der Waals surface area contributed by atoms with Crippen LogP contribution in [0.15, 0.2) is 42.6 Å². The molecular formula is C18H20FN3O2. The molecule has 1 fully saturated rings. The Bertz CT molecular complexity index is 706. The van der Waals surface area contributed by atoms with E-state index in [9.17, 15) is 9.18 Å². The number of anilines is 1. The second-order valence-electron chi connectivity index (χ2n) is 5.62. The topological polar surface area (TPSA) is 54.5 Å². The summed E-state index contributed by atoms with van der Waals surface area (Å²) in [7, 11) is 0. The number of hydrogen-bond donors (Lipinski definition) is 1. The second kappa shape index (κ2) is 7.40. The van der Waals surface area contributed by atoms with Crippen molar-refractivity contribution in [2.24, 2.45) is 0 Å². The maximum atomic E-state index is 13.1. The predicted molar refractivity (Wildman–Crippen MR) is 89.6 cm³/mol. The molecule has 24 heavy (non-hydrogen) atoms. The van der Waals surface area contributed by atoms with Gasteiger partial charge in [-0.2, -0.15) is 0 Å². The molecule has 1 unspecified atom stereocenters. The molecule has 0 saturated carbocycles. The lowest BCUT2D eigenvalue weighted by molar-refractivity contribution is 0.0397. The third-order valence-corrected chi connectivity index (χ3v) is 3.99. The van der Waals surface area contributed by atoms with Crippen molar-refractivity contribution in [2.45, 2.75) is 13.0 Å². The third kappa shape index (κ3) is 3.71. The number of ether oxygens (including phenoxy) is 1.